The van der Waals surface area contributed by atoms with Crippen molar-refractivity contribution in [3.05, 3.63) is 118 Å². The van der Waals surface area contributed by atoms with E-state index in [1.54, 1.807) is 43.3 Å². The fourth-order valence-electron chi connectivity index (χ4n) is 4.55. The molecule has 1 aliphatic rings. The molecule has 0 radical (unpaired) electrons. The molecule has 3 N–H and O–H groups in total. The zero-order chi connectivity index (χ0) is 29.9. The summed E-state index contributed by atoms with van der Waals surface area (Å²) in [7, 11) is 0. The van der Waals surface area contributed by atoms with Crippen LogP contribution in [0.15, 0.2) is 79.0 Å². The van der Waals surface area contributed by atoms with E-state index in [4.69, 9.17) is 4.74 Å². The summed E-state index contributed by atoms with van der Waals surface area (Å²) in [5.74, 6) is -0.878. The molecule has 2 heterocycles. The molecule has 3 aromatic carbocycles. The van der Waals surface area contributed by atoms with Gasteiger partial charge in [0.05, 0.1) is 23.6 Å². The molecule has 0 bridgehead atoms. The fraction of sp³-hybridized carbons (Fsp3) is 0.194. The third-order valence-electron chi connectivity index (χ3n) is 6.77. The SMILES string of the molecule is Cc1cc(CNC(=O)c2cc(C(F)(F)F)cnc2N[C@@H](COc2ccc3c(c2)CC(=O)N3)c2ccccc2)ccc1F. The molecule has 1 aromatic heterocycles. The van der Waals surface area contributed by atoms with Gasteiger partial charge in [0.2, 0.25) is 5.91 Å². The second kappa shape index (κ2) is 11.9. The number of fused-ring (bicyclic) bond motifs is 1. The number of rotatable bonds is 9. The maximum atomic E-state index is 13.6. The fourth-order valence-corrected chi connectivity index (χ4v) is 4.55. The Morgan fingerprint density at radius 1 is 1.07 bits per heavy atom. The Morgan fingerprint density at radius 2 is 1.86 bits per heavy atom. The average molecular weight is 579 g/mol. The van der Waals surface area contributed by atoms with Crippen molar-refractivity contribution in [2.75, 3.05) is 17.2 Å². The third-order valence-corrected chi connectivity index (χ3v) is 6.77. The smallest absolute Gasteiger partial charge is 0.417 e. The first-order valence-electron chi connectivity index (χ1n) is 13.0. The highest BCUT2D eigenvalue weighted by Crippen LogP contribution is 2.32. The van der Waals surface area contributed by atoms with Crippen LogP contribution in [0.25, 0.3) is 0 Å². The van der Waals surface area contributed by atoms with Gasteiger partial charge in [-0.15, -0.1) is 0 Å². The molecule has 4 aromatic rings. The van der Waals surface area contributed by atoms with Gasteiger partial charge in [-0.1, -0.05) is 42.5 Å². The van der Waals surface area contributed by atoms with Crippen molar-refractivity contribution < 1.29 is 31.9 Å². The van der Waals surface area contributed by atoms with Crippen LogP contribution in [0, 0.1) is 12.7 Å². The number of aromatic nitrogens is 1. The van der Waals surface area contributed by atoms with Crippen molar-refractivity contribution in [2.24, 2.45) is 0 Å². The molecule has 1 aliphatic heterocycles. The minimum Gasteiger partial charge on any atom is -0.491 e. The Bertz CT molecular complexity index is 1630. The first kappa shape index (κ1) is 28.6. The Labute approximate surface area is 238 Å². The van der Waals surface area contributed by atoms with Crippen LogP contribution < -0.4 is 20.7 Å². The summed E-state index contributed by atoms with van der Waals surface area (Å²) >= 11 is 0. The summed E-state index contributed by atoms with van der Waals surface area (Å²) in [5.41, 5.74) is 1.81. The molecule has 216 valence electrons. The van der Waals surface area contributed by atoms with Gasteiger partial charge >= 0.3 is 6.18 Å². The molecule has 0 fully saturated rings. The summed E-state index contributed by atoms with van der Waals surface area (Å²) in [6.45, 7) is 1.57. The number of hydrogen-bond donors (Lipinski definition) is 3. The van der Waals surface area contributed by atoms with Gasteiger partial charge < -0.3 is 20.7 Å². The summed E-state index contributed by atoms with van der Waals surface area (Å²) in [5, 5.41) is 8.45. The quantitative estimate of drug-likeness (QED) is 0.206. The van der Waals surface area contributed by atoms with Gasteiger partial charge in [0, 0.05) is 18.4 Å². The van der Waals surface area contributed by atoms with Crippen LogP contribution in [0.1, 0.15) is 44.2 Å². The molecule has 42 heavy (non-hydrogen) atoms. The highest BCUT2D eigenvalue weighted by Gasteiger charge is 2.33. The van der Waals surface area contributed by atoms with Crippen LogP contribution in [0.4, 0.5) is 29.1 Å². The molecule has 0 aliphatic carbocycles. The minimum atomic E-state index is -4.72. The van der Waals surface area contributed by atoms with Crippen molar-refractivity contribution in [3.63, 3.8) is 0 Å². The van der Waals surface area contributed by atoms with E-state index >= 15 is 0 Å². The van der Waals surface area contributed by atoms with Crippen LogP contribution in [-0.2, 0) is 23.9 Å². The number of alkyl halides is 3. The molecule has 0 unspecified atom stereocenters. The topological polar surface area (TPSA) is 92.3 Å². The number of benzene rings is 3. The monoisotopic (exact) mass is 578 g/mol. The second-order valence-electron chi connectivity index (χ2n) is 9.85. The van der Waals surface area contributed by atoms with Gasteiger partial charge in [0.25, 0.3) is 5.91 Å². The van der Waals surface area contributed by atoms with E-state index in [-0.39, 0.29) is 36.9 Å². The van der Waals surface area contributed by atoms with Gasteiger partial charge in [-0.05, 0) is 59.5 Å². The van der Waals surface area contributed by atoms with Gasteiger partial charge in [-0.2, -0.15) is 13.2 Å². The number of aryl methyl sites for hydroxylation is 1. The number of pyridine rings is 1. The predicted molar refractivity (Wildman–Crippen MR) is 149 cm³/mol. The van der Waals surface area contributed by atoms with Crippen molar-refractivity contribution in [1.29, 1.82) is 0 Å². The van der Waals surface area contributed by atoms with E-state index in [0.717, 1.165) is 17.2 Å². The first-order chi connectivity index (χ1) is 20.1. The molecule has 11 heteroatoms. The molecule has 7 nitrogen and oxygen atoms in total. The lowest BCUT2D eigenvalue weighted by molar-refractivity contribution is -0.137. The lowest BCUT2D eigenvalue weighted by Gasteiger charge is -2.22. The van der Waals surface area contributed by atoms with Gasteiger partial charge in [-0.25, -0.2) is 9.37 Å². The van der Waals surface area contributed by atoms with E-state index in [0.29, 0.717) is 28.8 Å². The Hall–Kier alpha value is -4.93. The van der Waals surface area contributed by atoms with Crippen LogP contribution in [-0.4, -0.2) is 23.4 Å². The summed E-state index contributed by atoms with van der Waals surface area (Å²) in [6.07, 6.45) is -3.82. The lowest BCUT2D eigenvalue weighted by Crippen LogP contribution is -2.27. The first-order valence-corrected chi connectivity index (χ1v) is 13.0. The summed E-state index contributed by atoms with van der Waals surface area (Å²) in [4.78, 5) is 28.9. The van der Waals surface area contributed by atoms with Gasteiger partial charge in [-0.3, -0.25) is 9.59 Å². The number of nitrogens with zero attached hydrogens (tertiary/aromatic N) is 1. The van der Waals surface area contributed by atoms with Crippen molar-refractivity contribution >= 4 is 23.3 Å². The van der Waals surface area contributed by atoms with E-state index in [9.17, 15) is 27.2 Å². The standard InChI is InChI=1S/C31H26F4N4O3/c1-18-11-19(7-9-25(18)32)15-37-30(41)24-14-22(31(33,34)35)16-36-29(24)39-27(20-5-3-2-4-6-20)17-42-23-8-10-26-21(12-23)13-28(40)38-26/h2-12,14,16,27H,13,15,17H2,1H3,(H,36,39)(H,37,41)(H,38,40)/t27-/m0/s1. The number of hydrogen-bond acceptors (Lipinski definition) is 5. The van der Waals surface area contributed by atoms with Gasteiger partial charge in [0.1, 0.15) is 24.0 Å². The highest BCUT2D eigenvalue weighted by molar-refractivity contribution is 5.99. The Morgan fingerprint density at radius 3 is 2.60 bits per heavy atom. The molecule has 0 saturated carbocycles. The maximum Gasteiger partial charge on any atom is 0.417 e. The van der Waals surface area contributed by atoms with E-state index in [1.165, 1.54) is 12.1 Å². The molecular formula is C31H26F4N4O3. The molecule has 0 spiro atoms. The zero-order valence-corrected chi connectivity index (χ0v) is 22.4. The number of anilines is 2. The normalized spacial score (nSPS) is 13.2. The minimum absolute atomic E-state index is 0.0305. The summed E-state index contributed by atoms with van der Waals surface area (Å²) < 4.78 is 60.4. The largest absolute Gasteiger partial charge is 0.491 e. The number of nitrogens with one attached hydrogen (secondary N) is 3. The third kappa shape index (κ3) is 6.68. The molecule has 1 atom stereocenters. The number of carbonyl (C=O) groups excluding carboxylic acids is 2. The van der Waals surface area contributed by atoms with Crippen molar-refractivity contribution in [3.8, 4) is 5.75 Å². The zero-order valence-electron chi connectivity index (χ0n) is 22.4. The van der Waals surface area contributed by atoms with E-state index in [2.05, 4.69) is 20.9 Å². The number of carbonyl (C=O) groups is 2. The van der Waals surface area contributed by atoms with Crippen molar-refractivity contribution in [2.45, 2.75) is 32.1 Å². The number of halogens is 4. The predicted octanol–water partition coefficient (Wildman–Crippen LogP) is 6.20. The molecule has 2 amide bonds. The highest BCUT2D eigenvalue weighted by atomic mass is 19.4. The average Bonchev–Trinajstić information content (AvgIpc) is 3.35. The number of amides is 2. The van der Waals surface area contributed by atoms with Gasteiger partial charge in [0.15, 0.2) is 0 Å². The number of ether oxygens (including phenoxy) is 1. The van der Waals surface area contributed by atoms with Crippen molar-refractivity contribution in [1.82, 2.24) is 10.3 Å². The lowest BCUT2D eigenvalue weighted by atomic mass is 10.1. The van der Waals surface area contributed by atoms with E-state index in [1.807, 2.05) is 18.2 Å². The summed E-state index contributed by atoms with van der Waals surface area (Å²) in [6, 6.07) is 18.7. The molecule has 5 rings (SSSR count). The van der Waals surface area contributed by atoms with Crippen LogP contribution in [0.3, 0.4) is 0 Å². The van der Waals surface area contributed by atoms with Crippen LogP contribution >= 0.6 is 0 Å². The Balaban J connectivity index is 1.40. The second-order valence-corrected chi connectivity index (χ2v) is 9.85. The maximum absolute atomic E-state index is 13.6. The Kier molecular flexibility index (Phi) is 8.10. The molecular weight excluding hydrogens is 552 g/mol. The van der Waals surface area contributed by atoms with Crippen LogP contribution in [0.5, 0.6) is 5.75 Å². The molecule has 0 saturated heterocycles. The van der Waals surface area contributed by atoms with Crippen LogP contribution in [0.2, 0.25) is 0 Å². The van der Waals surface area contributed by atoms with E-state index < -0.39 is 29.5 Å².